The third-order valence-corrected chi connectivity index (χ3v) is 3.07. The molecule has 0 aliphatic heterocycles. The molecule has 2 unspecified atom stereocenters. The van der Waals surface area contributed by atoms with Gasteiger partial charge in [-0.1, -0.05) is 25.1 Å². The van der Waals surface area contributed by atoms with Crippen molar-refractivity contribution in [3.05, 3.63) is 35.6 Å². The van der Waals surface area contributed by atoms with Crippen LogP contribution in [0.5, 0.6) is 0 Å². The van der Waals surface area contributed by atoms with Crippen LogP contribution in [-0.4, -0.2) is 19.3 Å². The molecule has 0 saturated carbocycles. The fourth-order valence-corrected chi connectivity index (χ4v) is 1.67. The summed E-state index contributed by atoms with van der Waals surface area (Å²) in [4.78, 5) is 0. The van der Waals surface area contributed by atoms with E-state index in [9.17, 15) is 4.39 Å². The molecule has 0 spiro atoms. The molecule has 0 aliphatic carbocycles. The van der Waals surface area contributed by atoms with Gasteiger partial charge in [0.2, 0.25) is 0 Å². The molecule has 0 saturated heterocycles. The maximum Gasteiger partial charge on any atom is 0.126 e. The van der Waals surface area contributed by atoms with Crippen LogP contribution in [-0.2, 0) is 11.2 Å². The zero-order valence-electron chi connectivity index (χ0n) is 10.2. The van der Waals surface area contributed by atoms with Crippen LogP contribution in [0.15, 0.2) is 24.3 Å². The molecule has 1 aromatic rings. The Kier molecular flexibility index (Phi) is 4.44. The standard InChI is InChI=1S/C13H20FNO/c1-10(9-16-3)13(2,15)8-11-6-4-5-7-12(11)14/h4-7,10H,8-9,15H2,1-3H3. The van der Waals surface area contributed by atoms with Crippen molar-refractivity contribution >= 4 is 0 Å². The molecule has 0 aromatic heterocycles. The van der Waals surface area contributed by atoms with E-state index < -0.39 is 5.54 Å². The van der Waals surface area contributed by atoms with Gasteiger partial charge in [0.1, 0.15) is 5.82 Å². The first-order valence-corrected chi connectivity index (χ1v) is 5.48. The van der Waals surface area contributed by atoms with E-state index >= 15 is 0 Å². The second-order valence-corrected chi connectivity index (χ2v) is 4.63. The van der Waals surface area contributed by atoms with Crippen LogP contribution in [0.2, 0.25) is 0 Å². The van der Waals surface area contributed by atoms with Crippen molar-refractivity contribution in [2.75, 3.05) is 13.7 Å². The van der Waals surface area contributed by atoms with Crippen molar-refractivity contribution in [1.82, 2.24) is 0 Å². The van der Waals surface area contributed by atoms with Crippen molar-refractivity contribution in [1.29, 1.82) is 0 Å². The fraction of sp³-hybridized carbons (Fsp3) is 0.538. The molecule has 16 heavy (non-hydrogen) atoms. The number of methoxy groups -OCH3 is 1. The van der Waals surface area contributed by atoms with Gasteiger partial charge in [-0.25, -0.2) is 4.39 Å². The van der Waals surface area contributed by atoms with Crippen LogP contribution >= 0.6 is 0 Å². The predicted octanol–water partition coefficient (Wildman–Crippen LogP) is 2.37. The van der Waals surface area contributed by atoms with Gasteiger partial charge in [0.05, 0.1) is 6.61 Å². The molecule has 0 heterocycles. The third-order valence-electron chi connectivity index (χ3n) is 3.07. The topological polar surface area (TPSA) is 35.2 Å². The van der Waals surface area contributed by atoms with E-state index in [0.717, 1.165) is 0 Å². The molecule has 0 bridgehead atoms. The molecular weight excluding hydrogens is 205 g/mol. The van der Waals surface area contributed by atoms with E-state index in [0.29, 0.717) is 18.6 Å². The lowest BCUT2D eigenvalue weighted by atomic mass is 9.83. The van der Waals surface area contributed by atoms with Crippen LogP contribution in [0.3, 0.4) is 0 Å². The van der Waals surface area contributed by atoms with Crippen molar-refractivity contribution < 1.29 is 9.13 Å². The van der Waals surface area contributed by atoms with Crippen LogP contribution in [0.25, 0.3) is 0 Å². The molecule has 90 valence electrons. The maximum absolute atomic E-state index is 13.5. The smallest absolute Gasteiger partial charge is 0.126 e. The molecule has 0 fully saturated rings. The lowest BCUT2D eigenvalue weighted by Crippen LogP contribution is -2.47. The largest absolute Gasteiger partial charge is 0.384 e. The Bertz CT molecular complexity index is 338. The zero-order valence-corrected chi connectivity index (χ0v) is 10.2. The zero-order chi connectivity index (χ0) is 12.2. The molecular formula is C13H20FNO. The summed E-state index contributed by atoms with van der Waals surface area (Å²) in [6, 6.07) is 6.76. The average molecular weight is 225 g/mol. The number of hydrogen-bond acceptors (Lipinski definition) is 2. The van der Waals surface area contributed by atoms with Gasteiger partial charge in [0, 0.05) is 12.6 Å². The number of rotatable bonds is 5. The van der Waals surface area contributed by atoms with Crippen LogP contribution in [0.4, 0.5) is 4.39 Å². The lowest BCUT2D eigenvalue weighted by Gasteiger charge is -2.31. The summed E-state index contributed by atoms with van der Waals surface area (Å²) in [6.07, 6.45) is 0.518. The Hall–Kier alpha value is -0.930. The number of benzene rings is 1. The van der Waals surface area contributed by atoms with E-state index in [2.05, 4.69) is 0 Å². The minimum absolute atomic E-state index is 0.178. The molecule has 0 amide bonds. The Morgan fingerprint density at radius 3 is 2.62 bits per heavy atom. The summed E-state index contributed by atoms with van der Waals surface area (Å²) in [5.41, 5.74) is 6.40. The van der Waals surface area contributed by atoms with E-state index in [1.54, 1.807) is 19.2 Å². The summed E-state index contributed by atoms with van der Waals surface area (Å²) in [5.74, 6) is -0.0131. The normalized spacial score (nSPS) is 16.8. The van der Waals surface area contributed by atoms with Gasteiger partial charge < -0.3 is 10.5 Å². The molecule has 1 rings (SSSR count). The van der Waals surface area contributed by atoms with E-state index in [1.807, 2.05) is 19.9 Å². The van der Waals surface area contributed by atoms with Gasteiger partial charge >= 0.3 is 0 Å². The summed E-state index contributed by atoms with van der Waals surface area (Å²) in [5, 5.41) is 0. The molecule has 1 aromatic carbocycles. The molecule has 2 atom stereocenters. The van der Waals surface area contributed by atoms with Gasteiger partial charge in [-0.2, -0.15) is 0 Å². The third kappa shape index (κ3) is 3.29. The molecule has 2 nitrogen and oxygen atoms in total. The fourth-order valence-electron chi connectivity index (χ4n) is 1.67. The van der Waals surface area contributed by atoms with Crippen molar-refractivity contribution in [3.63, 3.8) is 0 Å². The minimum Gasteiger partial charge on any atom is -0.384 e. The highest BCUT2D eigenvalue weighted by molar-refractivity contribution is 5.20. The van der Waals surface area contributed by atoms with Crippen LogP contribution < -0.4 is 5.73 Å². The monoisotopic (exact) mass is 225 g/mol. The van der Waals surface area contributed by atoms with Crippen LogP contribution in [0.1, 0.15) is 19.4 Å². The number of nitrogens with two attached hydrogens (primary N) is 1. The quantitative estimate of drug-likeness (QED) is 0.835. The number of halogens is 1. The van der Waals surface area contributed by atoms with Gasteiger partial charge in [0.15, 0.2) is 0 Å². The highest BCUT2D eigenvalue weighted by atomic mass is 19.1. The second-order valence-electron chi connectivity index (χ2n) is 4.63. The Morgan fingerprint density at radius 1 is 1.44 bits per heavy atom. The van der Waals surface area contributed by atoms with Crippen molar-refractivity contribution in [2.45, 2.75) is 25.8 Å². The van der Waals surface area contributed by atoms with E-state index in [1.165, 1.54) is 6.07 Å². The minimum atomic E-state index is -0.460. The van der Waals surface area contributed by atoms with Crippen molar-refractivity contribution in [3.8, 4) is 0 Å². The van der Waals surface area contributed by atoms with Gasteiger partial charge in [-0.05, 0) is 30.9 Å². The van der Waals surface area contributed by atoms with Crippen molar-refractivity contribution in [2.24, 2.45) is 11.7 Å². The Morgan fingerprint density at radius 2 is 2.06 bits per heavy atom. The predicted molar refractivity (Wildman–Crippen MR) is 63.7 cm³/mol. The second kappa shape index (κ2) is 5.41. The SMILES string of the molecule is COCC(C)C(C)(N)Cc1ccccc1F. The molecule has 3 heteroatoms. The number of ether oxygens (including phenoxy) is 1. The molecule has 0 aliphatic rings. The lowest BCUT2D eigenvalue weighted by molar-refractivity contribution is 0.120. The van der Waals surface area contributed by atoms with Gasteiger partial charge in [-0.15, -0.1) is 0 Å². The van der Waals surface area contributed by atoms with E-state index in [-0.39, 0.29) is 11.7 Å². The molecule has 2 N–H and O–H groups in total. The highest BCUT2D eigenvalue weighted by Gasteiger charge is 2.27. The Balaban J connectivity index is 2.76. The number of hydrogen-bond donors (Lipinski definition) is 1. The van der Waals surface area contributed by atoms with Crippen LogP contribution in [0, 0.1) is 11.7 Å². The van der Waals surface area contributed by atoms with E-state index in [4.69, 9.17) is 10.5 Å². The summed E-state index contributed by atoms with van der Waals surface area (Å²) in [6.45, 7) is 4.54. The van der Waals surface area contributed by atoms with Gasteiger partial charge in [-0.3, -0.25) is 0 Å². The first-order valence-electron chi connectivity index (χ1n) is 5.48. The average Bonchev–Trinajstić information content (AvgIpc) is 2.21. The Labute approximate surface area is 96.6 Å². The summed E-state index contributed by atoms with van der Waals surface area (Å²) < 4.78 is 18.6. The first kappa shape index (κ1) is 13.1. The highest BCUT2D eigenvalue weighted by Crippen LogP contribution is 2.21. The van der Waals surface area contributed by atoms with Gasteiger partial charge in [0.25, 0.3) is 0 Å². The first-order chi connectivity index (χ1) is 7.47. The summed E-state index contributed by atoms with van der Waals surface area (Å²) >= 11 is 0. The maximum atomic E-state index is 13.5. The summed E-state index contributed by atoms with van der Waals surface area (Å²) in [7, 11) is 1.65. The molecule has 0 radical (unpaired) electrons.